The Kier molecular flexibility index (Phi) is 7.34. The fraction of sp³-hybridized carbons (Fsp3) is 0.235. The van der Waals surface area contributed by atoms with Gasteiger partial charge in [-0.15, -0.1) is 0 Å². The molecule has 0 aliphatic carbocycles. The van der Waals surface area contributed by atoms with Crippen LogP contribution in [0.1, 0.15) is 23.6 Å². The van der Waals surface area contributed by atoms with Gasteiger partial charge in [-0.1, -0.05) is 78.9 Å². The summed E-state index contributed by atoms with van der Waals surface area (Å²) >= 11 is 0. The summed E-state index contributed by atoms with van der Waals surface area (Å²) in [6, 6.07) is 40.1. The quantitative estimate of drug-likeness (QED) is 0.310. The monoisotopic (exact) mass is 505 g/mol. The van der Waals surface area contributed by atoms with Gasteiger partial charge >= 0.3 is 0 Å². The molecule has 0 amide bonds. The first-order valence-electron chi connectivity index (χ1n) is 13.9. The van der Waals surface area contributed by atoms with Crippen molar-refractivity contribution in [3.8, 4) is 11.3 Å². The number of aromatic nitrogens is 1. The summed E-state index contributed by atoms with van der Waals surface area (Å²) in [6.07, 6.45) is 1.12. The highest BCUT2D eigenvalue weighted by molar-refractivity contribution is 5.87. The molecule has 4 heteroatoms. The van der Waals surface area contributed by atoms with Crippen LogP contribution in [0.15, 0.2) is 115 Å². The fourth-order valence-electron chi connectivity index (χ4n) is 6.22. The normalized spacial score (nSPS) is 17.7. The number of quaternary nitrogens is 2. The van der Waals surface area contributed by atoms with E-state index in [-0.39, 0.29) is 5.82 Å². The maximum atomic E-state index is 13.6. The van der Waals surface area contributed by atoms with E-state index in [1.807, 2.05) is 12.1 Å². The molecule has 0 spiro atoms. The summed E-state index contributed by atoms with van der Waals surface area (Å²) in [6.45, 7) is 6.89. The Morgan fingerprint density at radius 1 is 0.684 bits per heavy atom. The van der Waals surface area contributed by atoms with Crippen molar-refractivity contribution in [3.05, 3.63) is 132 Å². The Labute approximate surface area is 224 Å². The third-order valence-electron chi connectivity index (χ3n) is 8.14. The van der Waals surface area contributed by atoms with Crippen molar-refractivity contribution in [2.24, 2.45) is 0 Å². The summed E-state index contributed by atoms with van der Waals surface area (Å²) in [7, 11) is 0. The van der Waals surface area contributed by atoms with Crippen molar-refractivity contribution in [3.63, 3.8) is 0 Å². The molecule has 2 heterocycles. The van der Waals surface area contributed by atoms with Gasteiger partial charge in [0.25, 0.3) is 0 Å². The van der Waals surface area contributed by atoms with Gasteiger partial charge in [-0.05, 0) is 42.0 Å². The number of hydrogen-bond acceptors (Lipinski definition) is 0. The summed E-state index contributed by atoms with van der Waals surface area (Å²) in [5, 5.41) is 1.24. The van der Waals surface area contributed by atoms with Crippen LogP contribution in [-0.4, -0.2) is 37.3 Å². The van der Waals surface area contributed by atoms with Gasteiger partial charge in [0, 0.05) is 40.7 Å². The highest BCUT2D eigenvalue weighted by Gasteiger charge is 2.31. The largest absolute Gasteiger partial charge is 0.340 e. The van der Waals surface area contributed by atoms with Gasteiger partial charge in [0.15, 0.2) is 0 Å². The third kappa shape index (κ3) is 5.28. The van der Waals surface area contributed by atoms with Crippen LogP contribution < -0.4 is 9.80 Å². The van der Waals surface area contributed by atoms with Gasteiger partial charge in [0.2, 0.25) is 0 Å². The van der Waals surface area contributed by atoms with Crippen LogP contribution in [0.5, 0.6) is 0 Å². The smallest absolute Gasteiger partial charge is 0.139 e. The maximum absolute atomic E-state index is 13.6. The first kappa shape index (κ1) is 24.6. The molecule has 6 rings (SSSR count). The van der Waals surface area contributed by atoms with Crippen LogP contribution in [0.2, 0.25) is 0 Å². The molecular weight excluding hydrogens is 469 g/mol. The first-order chi connectivity index (χ1) is 18.8. The molecule has 3 nitrogen and oxygen atoms in total. The number of fused-ring (bicyclic) bond motifs is 1. The van der Waals surface area contributed by atoms with E-state index in [0.29, 0.717) is 6.04 Å². The van der Waals surface area contributed by atoms with Gasteiger partial charge in [0.1, 0.15) is 38.0 Å². The number of nitrogens with zero attached hydrogens (tertiary/aromatic N) is 1. The first-order valence-corrected chi connectivity index (χ1v) is 13.9. The van der Waals surface area contributed by atoms with E-state index in [4.69, 9.17) is 0 Å². The maximum Gasteiger partial charge on any atom is 0.139 e. The fourth-order valence-corrected chi connectivity index (χ4v) is 6.22. The molecule has 0 atom stereocenters. The molecule has 1 aliphatic heterocycles. The number of nitrogens with one attached hydrogen (secondary N) is 2. The molecule has 5 aromatic rings. The average molecular weight is 506 g/mol. The Balaban J connectivity index is 1.12. The second-order valence-electron chi connectivity index (χ2n) is 10.5. The van der Waals surface area contributed by atoms with Crippen LogP contribution in [0.4, 0.5) is 4.39 Å². The van der Waals surface area contributed by atoms with E-state index >= 15 is 0 Å². The zero-order chi connectivity index (χ0) is 25.7. The van der Waals surface area contributed by atoms with Crippen LogP contribution in [0.25, 0.3) is 22.2 Å². The summed E-state index contributed by atoms with van der Waals surface area (Å²) in [4.78, 5) is 3.37. The van der Waals surface area contributed by atoms with Crippen molar-refractivity contribution in [2.75, 3.05) is 32.7 Å². The minimum absolute atomic E-state index is 0.192. The molecule has 1 fully saturated rings. The lowest BCUT2D eigenvalue weighted by atomic mass is 9.96. The van der Waals surface area contributed by atoms with Crippen molar-refractivity contribution in [1.82, 2.24) is 4.57 Å². The zero-order valence-electron chi connectivity index (χ0n) is 21.8. The minimum atomic E-state index is -0.192. The molecule has 4 aromatic carbocycles. The molecule has 0 saturated carbocycles. The number of rotatable bonds is 8. The SMILES string of the molecule is Fc1ccc(-c2cc3ccccc3n2CCC[NH+]2CC[NH+](C(c3ccccc3)c3ccccc3)CC2)cc1. The predicted molar refractivity (Wildman–Crippen MR) is 153 cm³/mol. The van der Waals surface area contributed by atoms with Crippen LogP contribution >= 0.6 is 0 Å². The Hall–Kier alpha value is -3.73. The third-order valence-corrected chi connectivity index (χ3v) is 8.14. The number of para-hydroxylation sites is 1. The Morgan fingerprint density at radius 3 is 1.95 bits per heavy atom. The molecular formula is C34H36FN3+2. The van der Waals surface area contributed by atoms with Gasteiger partial charge in [-0.2, -0.15) is 0 Å². The number of aryl methyl sites for hydroxylation is 1. The van der Waals surface area contributed by atoms with Crippen molar-refractivity contribution in [1.29, 1.82) is 0 Å². The molecule has 0 bridgehead atoms. The lowest BCUT2D eigenvalue weighted by Gasteiger charge is -2.35. The van der Waals surface area contributed by atoms with Crippen LogP contribution in [-0.2, 0) is 6.54 Å². The second-order valence-corrected chi connectivity index (χ2v) is 10.5. The van der Waals surface area contributed by atoms with Gasteiger partial charge in [-0.3, -0.25) is 0 Å². The highest BCUT2D eigenvalue weighted by Crippen LogP contribution is 2.28. The van der Waals surface area contributed by atoms with Gasteiger partial charge < -0.3 is 14.4 Å². The number of hydrogen-bond donors (Lipinski definition) is 2. The molecule has 1 saturated heterocycles. The van der Waals surface area contributed by atoms with E-state index in [1.54, 1.807) is 21.9 Å². The predicted octanol–water partition coefficient (Wildman–Crippen LogP) is 4.41. The van der Waals surface area contributed by atoms with Gasteiger partial charge in [0.05, 0.1) is 6.54 Å². The van der Waals surface area contributed by atoms with Crippen molar-refractivity contribution >= 4 is 10.9 Å². The van der Waals surface area contributed by atoms with Crippen LogP contribution in [0, 0.1) is 5.82 Å². The highest BCUT2D eigenvalue weighted by atomic mass is 19.1. The molecule has 1 aliphatic rings. The lowest BCUT2D eigenvalue weighted by molar-refractivity contribution is -1.02. The van der Waals surface area contributed by atoms with E-state index in [1.165, 1.54) is 60.4 Å². The Bertz CT molecular complexity index is 1410. The van der Waals surface area contributed by atoms with Crippen LogP contribution in [0.3, 0.4) is 0 Å². The van der Waals surface area contributed by atoms with Gasteiger partial charge in [-0.25, -0.2) is 4.39 Å². The number of halogens is 1. The van der Waals surface area contributed by atoms with Crippen molar-refractivity contribution < 1.29 is 14.2 Å². The standard InChI is InChI=1S/C34H34FN3/c35-31-18-16-27(17-19-31)33-26-30-14-7-8-15-32(30)38(33)21-9-20-36-22-24-37(25-23-36)34(28-10-3-1-4-11-28)29-12-5-2-6-13-29/h1-8,10-19,26,34H,9,20-25H2/p+2. The van der Waals surface area contributed by atoms with E-state index in [0.717, 1.165) is 18.5 Å². The molecule has 38 heavy (non-hydrogen) atoms. The second kappa shape index (κ2) is 11.3. The summed E-state index contributed by atoms with van der Waals surface area (Å²) < 4.78 is 16.0. The molecule has 0 unspecified atom stereocenters. The summed E-state index contributed by atoms with van der Waals surface area (Å²) in [5.74, 6) is -0.192. The van der Waals surface area contributed by atoms with Crippen molar-refractivity contribution in [2.45, 2.75) is 19.0 Å². The topological polar surface area (TPSA) is 13.8 Å². The summed E-state index contributed by atoms with van der Waals surface area (Å²) in [5.41, 5.74) is 6.31. The number of benzene rings is 4. The van der Waals surface area contributed by atoms with E-state index in [9.17, 15) is 4.39 Å². The molecule has 0 radical (unpaired) electrons. The molecule has 2 N–H and O–H groups in total. The van der Waals surface area contributed by atoms with E-state index in [2.05, 4.69) is 95.6 Å². The lowest BCUT2D eigenvalue weighted by Crippen LogP contribution is -3.28. The average Bonchev–Trinajstić information content (AvgIpc) is 3.34. The van der Waals surface area contributed by atoms with E-state index < -0.39 is 0 Å². The zero-order valence-corrected chi connectivity index (χ0v) is 21.8. The number of piperazine rings is 1. The Morgan fingerprint density at radius 2 is 1.29 bits per heavy atom. The molecule has 192 valence electrons. The molecule has 1 aromatic heterocycles. The minimum Gasteiger partial charge on any atom is -0.340 e.